The molecule has 0 saturated heterocycles. The van der Waals surface area contributed by atoms with Crippen LogP contribution in [-0.2, 0) is 6.54 Å². The summed E-state index contributed by atoms with van der Waals surface area (Å²) in [6.07, 6.45) is 0. The lowest BCUT2D eigenvalue weighted by Crippen LogP contribution is -2.00. The monoisotopic (exact) mass is 267 g/mol. The second-order valence-corrected chi connectivity index (χ2v) is 4.38. The zero-order chi connectivity index (χ0) is 13.7. The molecule has 0 spiro atoms. The zero-order valence-electron chi connectivity index (χ0n) is 10.0. The van der Waals surface area contributed by atoms with Crippen molar-refractivity contribution in [1.29, 1.82) is 10.5 Å². The van der Waals surface area contributed by atoms with Crippen molar-refractivity contribution < 1.29 is 0 Å². The number of halogens is 1. The minimum absolute atomic E-state index is 0.510. The Morgan fingerprint density at radius 1 is 1.00 bits per heavy atom. The van der Waals surface area contributed by atoms with Crippen LogP contribution in [0.25, 0.3) is 0 Å². The summed E-state index contributed by atoms with van der Waals surface area (Å²) in [5.41, 5.74) is 2.93. The van der Waals surface area contributed by atoms with E-state index in [0.29, 0.717) is 22.7 Å². The van der Waals surface area contributed by atoms with Gasteiger partial charge in [-0.05, 0) is 35.9 Å². The number of hydrogen-bond donors (Lipinski definition) is 1. The highest BCUT2D eigenvalue weighted by Crippen LogP contribution is 2.23. The van der Waals surface area contributed by atoms with Crippen molar-refractivity contribution in [3.63, 3.8) is 0 Å². The lowest BCUT2D eigenvalue weighted by molar-refractivity contribution is 1.15. The van der Waals surface area contributed by atoms with Gasteiger partial charge in [-0.2, -0.15) is 10.5 Å². The molecular weight excluding hydrogens is 258 g/mol. The van der Waals surface area contributed by atoms with Crippen molar-refractivity contribution in [2.24, 2.45) is 0 Å². The molecule has 0 unspecified atom stereocenters. The van der Waals surface area contributed by atoms with E-state index >= 15 is 0 Å². The summed E-state index contributed by atoms with van der Waals surface area (Å²) in [4.78, 5) is 0. The van der Waals surface area contributed by atoms with Crippen LogP contribution >= 0.6 is 11.6 Å². The molecule has 3 nitrogen and oxygen atoms in total. The number of nitrogens with zero attached hydrogens (tertiary/aromatic N) is 2. The molecule has 0 heterocycles. The minimum Gasteiger partial charge on any atom is -0.380 e. The van der Waals surface area contributed by atoms with Gasteiger partial charge in [0.2, 0.25) is 0 Å². The van der Waals surface area contributed by atoms with Crippen molar-refractivity contribution in [1.82, 2.24) is 0 Å². The molecule has 0 saturated carbocycles. The van der Waals surface area contributed by atoms with Crippen LogP contribution in [-0.4, -0.2) is 0 Å². The Kier molecular flexibility index (Phi) is 4.03. The first-order valence-electron chi connectivity index (χ1n) is 5.65. The summed E-state index contributed by atoms with van der Waals surface area (Å²) in [7, 11) is 0. The highest BCUT2D eigenvalue weighted by atomic mass is 35.5. The molecule has 0 fully saturated rings. The maximum atomic E-state index is 8.83. The van der Waals surface area contributed by atoms with Crippen LogP contribution in [0.3, 0.4) is 0 Å². The first-order chi connectivity index (χ1) is 9.22. The standard InChI is InChI=1S/C15H10ClN3/c16-14-7-12(9-18)4-5-15(14)19-10-13-3-1-2-11(6-13)8-17/h1-7,19H,10H2. The smallest absolute Gasteiger partial charge is 0.0992 e. The number of nitrogens with one attached hydrogen (secondary N) is 1. The van der Waals surface area contributed by atoms with E-state index in [1.807, 2.05) is 24.3 Å². The molecule has 0 aliphatic heterocycles. The first kappa shape index (κ1) is 13.0. The normalized spacial score (nSPS) is 9.42. The zero-order valence-corrected chi connectivity index (χ0v) is 10.8. The molecule has 92 valence electrons. The van der Waals surface area contributed by atoms with E-state index < -0.39 is 0 Å². The van der Waals surface area contributed by atoms with E-state index in [4.69, 9.17) is 22.1 Å². The number of benzene rings is 2. The number of rotatable bonds is 3. The molecule has 4 heteroatoms. The summed E-state index contributed by atoms with van der Waals surface area (Å²) >= 11 is 6.07. The summed E-state index contributed by atoms with van der Waals surface area (Å²) < 4.78 is 0. The van der Waals surface area contributed by atoms with E-state index in [1.54, 1.807) is 24.3 Å². The molecule has 0 aliphatic rings. The fraction of sp³-hybridized carbons (Fsp3) is 0.0667. The summed E-state index contributed by atoms with van der Waals surface area (Å²) in [6, 6.07) is 16.6. The first-order valence-corrected chi connectivity index (χ1v) is 6.03. The van der Waals surface area contributed by atoms with E-state index in [1.165, 1.54) is 0 Å². The Bertz CT molecular complexity index is 681. The van der Waals surface area contributed by atoms with Gasteiger partial charge in [-0.3, -0.25) is 0 Å². The molecular formula is C15H10ClN3. The van der Waals surface area contributed by atoms with Gasteiger partial charge in [0.15, 0.2) is 0 Å². The minimum atomic E-state index is 0.510. The van der Waals surface area contributed by atoms with Gasteiger partial charge < -0.3 is 5.32 Å². The Labute approximate surface area is 116 Å². The average molecular weight is 268 g/mol. The maximum Gasteiger partial charge on any atom is 0.0992 e. The van der Waals surface area contributed by atoms with Gasteiger partial charge in [0, 0.05) is 6.54 Å². The molecule has 19 heavy (non-hydrogen) atoms. The topological polar surface area (TPSA) is 59.6 Å². The van der Waals surface area contributed by atoms with Crippen LogP contribution < -0.4 is 5.32 Å². The van der Waals surface area contributed by atoms with Crippen molar-refractivity contribution in [3.05, 3.63) is 64.2 Å². The van der Waals surface area contributed by atoms with Crippen molar-refractivity contribution in [3.8, 4) is 12.1 Å². The lowest BCUT2D eigenvalue weighted by Gasteiger charge is -2.08. The van der Waals surface area contributed by atoms with Crippen molar-refractivity contribution in [2.75, 3.05) is 5.32 Å². The molecule has 1 N–H and O–H groups in total. The number of anilines is 1. The van der Waals surface area contributed by atoms with Gasteiger partial charge in [0.25, 0.3) is 0 Å². The van der Waals surface area contributed by atoms with Crippen LogP contribution in [0, 0.1) is 22.7 Å². The van der Waals surface area contributed by atoms with E-state index in [9.17, 15) is 0 Å². The molecule has 0 radical (unpaired) electrons. The second kappa shape index (κ2) is 5.91. The molecule has 0 aromatic heterocycles. The van der Waals surface area contributed by atoms with Gasteiger partial charge in [0.05, 0.1) is 34.0 Å². The number of nitriles is 2. The quantitative estimate of drug-likeness (QED) is 0.922. The van der Waals surface area contributed by atoms with Crippen LogP contribution in [0.1, 0.15) is 16.7 Å². The fourth-order valence-corrected chi connectivity index (χ4v) is 1.92. The third-order valence-corrected chi connectivity index (χ3v) is 2.95. The van der Waals surface area contributed by atoms with Gasteiger partial charge in [-0.1, -0.05) is 23.7 Å². The third-order valence-electron chi connectivity index (χ3n) is 2.64. The lowest BCUT2D eigenvalue weighted by atomic mass is 10.1. The molecule has 2 rings (SSSR count). The SMILES string of the molecule is N#Cc1cccc(CNc2ccc(C#N)cc2Cl)c1. The van der Waals surface area contributed by atoms with Crippen LogP contribution in [0.15, 0.2) is 42.5 Å². The number of hydrogen-bond acceptors (Lipinski definition) is 3. The van der Waals surface area contributed by atoms with Crippen LogP contribution in [0.4, 0.5) is 5.69 Å². The highest BCUT2D eigenvalue weighted by molar-refractivity contribution is 6.33. The summed E-state index contributed by atoms with van der Waals surface area (Å²) in [5, 5.41) is 21.3. The van der Waals surface area contributed by atoms with Gasteiger partial charge >= 0.3 is 0 Å². The molecule has 0 aliphatic carbocycles. The predicted octanol–water partition coefficient (Wildman–Crippen LogP) is 3.70. The Morgan fingerprint density at radius 3 is 2.42 bits per heavy atom. The largest absolute Gasteiger partial charge is 0.380 e. The Morgan fingerprint density at radius 2 is 1.74 bits per heavy atom. The van der Waals surface area contributed by atoms with Gasteiger partial charge in [0.1, 0.15) is 0 Å². The third kappa shape index (κ3) is 3.25. The fourth-order valence-electron chi connectivity index (χ4n) is 1.68. The molecule has 0 bridgehead atoms. The van der Waals surface area contributed by atoms with E-state index in [0.717, 1.165) is 11.3 Å². The molecule has 0 atom stereocenters. The predicted molar refractivity (Wildman–Crippen MR) is 74.7 cm³/mol. The highest BCUT2D eigenvalue weighted by Gasteiger charge is 2.02. The Balaban J connectivity index is 2.11. The molecule has 0 amide bonds. The van der Waals surface area contributed by atoms with Crippen LogP contribution in [0.2, 0.25) is 5.02 Å². The van der Waals surface area contributed by atoms with Gasteiger partial charge in [-0.25, -0.2) is 0 Å². The maximum absolute atomic E-state index is 8.83. The molecule has 2 aromatic carbocycles. The second-order valence-electron chi connectivity index (χ2n) is 3.97. The Hall–Kier alpha value is -2.49. The van der Waals surface area contributed by atoms with E-state index in [2.05, 4.69) is 11.4 Å². The van der Waals surface area contributed by atoms with E-state index in [-0.39, 0.29) is 0 Å². The summed E-state index contributed by atoms with van der Waals surface area (Å²) in [5.74, 6) is 0. The summed E-state index contributed by atoms with van der Waals surface area (Å²) in [6.45, 7) is 0.571. The van der Waals surface area contributed by atoms with Crippen LogP contribution in [0.5, 0.6) is 0 Å². The van der Waals surface area contributed by atoms with Crippen molar-refractivity contribution >= 4 is 17.3 Å². The van der Waals surface area contributed by atoms with Crippen molar-refractivity contribution in [2.45, 2.75) is 6.54 Å². The average Bonchev–Trinajstić information content (AvgIpc) is 2.46. The van der Waals surface area contributed by atoms with Gasteiger partial charge in [-0.15, -0.1) is 0 Å². The molecule has 2 aromatic rings.